The van der Waals surface area contributed by atoms with Crippen molar-refractivity contribution in [2.24, 2.45) is 0 Å². The number of aromatic nitrogens is 2. The summed E-state index contributed by atoms with van der Waals surface area (Å²) in [6, 6.07) is 5.04. The van der Waals surface area contributed by atoms with E-state index in [2.05, 4.69) is 5.10 Å². The fourth-order valence-electron chi connectivity index (χ4n) is 3.87. The highest BCUT2D eigenvalue weighted by Gasteiger charge is 2.36. The van der Waals surface area contributed by atoms with Crippen LogP contribution in [0.4, 0.5) is 5.69 Å². The summed E-state index contributed by atoms with van der Waals surface area (Å²) in [6.45, 7) is 11.1. The zero-order chi connectivity index (χ0) is 25.3. The molecule has 34 heavy (non-hydrogen) atoms. The number of ether oxygens (including phenoxy) is 2. The van der Waals surface area contributed by atoms with E-state index in [1.807, 2.05) is 6.92 Å². The molecule has 0 aliphatic carbocycles. The highest BCUT2D eigenvalue weighted by atomic mass is 32.2. The molecular formula is C24H33N3O6S. The predicted octanol–water partition coefficient (Wildman–Crippen LogP) is 3.42. The smallest absolute Gasteiger partial charge is 0.310 e. The molecule has 2 heterocycles. The number of fused-ring (bicyclic) bond motifs is 1. The largest absolute Gasteiger partial charge is 0.486 e. The Morgan fingerprint density at radius 1 is 1.26 bits per heavy atom. The molecule has 0 radical (unpaired) electrons. The highest BCUT2D eigenvalue weighted by Crippen LogP contribution is 2.39. The minimum absolute atomic E-state index is 0.000994. The maximum absolute atomic E-state index is 13.8. The van der Waals surface area contributed by atoms with E-state index in [0.717, 1.165) is 0 Å². The van der Waals surface area contributed by atoms with Crippen LogP contribution in [0.15, 0.2) is 29.3 Å². The molecular weight excluding hydrogens is 458 g/mol. The number of hydrogen-bond donors (Lipinski definition) is 0. The van der Waals surface area contributed by atoms with E-state index in [1.54, 1.807) is 50.6 Å². The second-order valence-electron chi connectivity index (χ2n) is 9.49. The number of esters is 1. The Balaban J connectivity index is 2.00. The van der Waals surface area contributed by atoms with E-state index >= 15 is 0 Å². The third kappa shape index (κ3) is 5.78. The second kappa shape index (κ2) is 9.77. The van der Waals surface area contributed by atoms with Crippen molar-refractivity contribution in [1.82, 2.24) is 9.78 Å². The van der Waals surface area contributed by atoms with Crippen molar-refractivity contribution in [3.8, 4) is 5.75 Å². The molecule has 0 unspecified atom stereocenters. The summed E-state index contributed by atoms with van der Waals surface area (Å²) in [4.78, 5) is 24.0. The molecule has 2 aromatic rings. The van der Waals surface area contributed by atoms with Gasteiger partial charge in [-0.2, -0.15) is 5.10 Å². The van der Waals surface area contributed by atoms with Gasteiger partial charge in [0.1, 0.15) is 28.1 Å². The molecule has 3 rings (SSSR count). The summed E-state index contributed by atoms with van der Waals surface area (Å²) in [5.74, 6) is -0.00795. The third-order valence-electron chi connectivity index (χ3n) is 5.47. The average Bonchev–Trinajstić information content (AvgIpc) is 3.11. The minimum Gasteiger partial charge on any atom is -0.486 e. The second-order valence-corrected chi connectivity index (χ2v) is 11.3. The van der Waals surface area contributed by atoms with Crippen LogP contribution in [0.3, 0.4) is 0 Å². The minimum atomic E-state index is -3.97. The van der Waals surface area contributed by atoms with Gasteiger partial charge in [-0.25, -0.2) is 8.42 Å². The van der Waals surface area contributed by atoms with Crippen LogP contribution in [0.25, 0.3) is 0 Å². The molecule has 10 heteroatoms. The lowest BCUT2D eigenvalue weighted by atomic mass is 10.1. The first kappa shape index (κ1) is 25.7. The molecule has 1 aromatic carbocycles. The average molecular weight is 492 g/mol. The molecule has 0 spiro atoms. The number of rotatable bonds is 8. The Bertz CT molecular complexity index is 1180. The number of Topliss-reactive ketones (excluding diaryl/α,β-unsaturated/α-hetero) is 1. The van der Waals surface area contributed by atoms with E-state index in [0.29, 0.717) is 35.7 Å². The van der Waals surface area contributed by atoms with Crippen molar-refractivity contribution in [3.63, 3.8) is 0 Å². The number of sulfonamides is 1. The zero-order valence-electron chi connectivity index (χ0n) is 20.6. The normalized spacial score (nSPS) is 16.1. The first-order chi connectivity index (χ1) is 15.8. The summed E-state index contributed by atoms with van der Waals surface area (Å²) < 4.78 is 41.9. The maximum atomic E-state index is 13.8. The van der Waals surface area contributed by atoms with E-state index in [4.69, 9.17) is 9.47 Å². The van der Waals surface area contributed by atoms with Gasteiger partial charge in [-0.15, -0.1) is 0 Å². The van der Waals surface area contributed by atoms with Crippen LogP contribution in [0.5, 0.6) is 5.75 Å². The van der Waals surface area contributed by atoms with Gasteiger partial charge in [-0.1, -0.05) is 6.07 Å². The molecule has 0 fully saturated rings. The number of aryl methyl sites for hydroxylation is 1. The SMILES string of the molecule is CCn1ncc(S(=O)(=O)N2C[C@H](CCC(C)=O)Oc3ccc(CC(=O)OC(C)(C)C)cc32)c1C. The van der Waals surface area contributed by atoms with Crippen LogP contribution in [0, 0.1) is 6.92 Å². The van der Waals surface area contributed by atoms with Crippen LogP contribution in [-0.4, -0.2) is 48.2 Å². The molecule has 0 saturated heterocycles. The van der Waals surface area contributed by atoms with Gasteiger partial charge in [0.2, 0.25) is 0 Å². The Labute approximate surface area is 201 Å². The summed E-state index contributed by atoms with van der Waals surface area (Å²) in [7, 11) is -3.97. The summed E-state index contributed by atoms with van der Waals surface area (Å²) in [6.07, 6.45) is 1.56. The Morgan fingerprint density at radius 2 is 1.97 bits per heavy atom. The molecule has 0 N–H and O–H groups in total. The van der Waals surface area contributed by atoms with Crippen LogP contribution in [0.2, 0.25) is 0 Å². The number of ketones is 1. The van der Waals surface area contributed by atoms with Crippen LogP contribution in [0.1, 0.15) is 58.7 Å². The molecule has 0 saturated carbocycles. The number of carbonyl (C=O) groups excluding carboxylic acids is 2. The zero-order valence-corrected chi connectivity index (χ0v) is 21.4. The van der Waals surface area contributed by atoms with Crippen LogP contribution >= 0.6 is 0 Å². The maximum Gasteiger partial charge on any atom is 0.310 e. The summed E-state index contributed by atoms with van der Waals surface area (Å²) in [5, 5.41) is 4.19. The number of benzene rings is 1. The molecule has 1 atom stereocenters. The van der Waals surface area contributed by atoms with Gasteiger partial charge in [-0.05, 0) is 65.7 Å². The standard InChI is InChI=1S/C24H33N3O6S/c1-7-26-17(3)22(14-25-26)34(30,31)27-15-19(10-8-16(2)28)32-21-11-9-18(12-20(21)27)13-23(29)33-24(4,5)6/h9,11-12,14,19H,7-8,10,13,15H2,1-6H3/t19-/m0/s1. The molecule has 0 bridgehead atoms. The molecule has 186 valence electrons. The van der Waals surface area contributed by atoms with Crippen LogP contribution in [-0.2, 0) is 37.3 Å². The quantitative estimate of drug-likeness (QED) is 0.521. The summed E-state index contributed by atoms with van der Waals surface area (Å²) >= 11 is 0. The number of carbonyl (C=O) groups is 2. The Hall–Kier alpha value is -2.88. The monoisotopic (exact) mass is 491 g/mol. The highest BCUT2D eigenvalue weighted by molar-refractivity contribution is 7.92. The van der Waals surface area contributed by atoms with Gasteiger partial charge in [0, 0.05) is 13.0 Å². The Kier molecular flexibility index (Phi) is 7.40. The van der Waals surface area contributed by atoms with Gasteiger partial charge in [0.15, 0.2) is 0 Å². The van der Waals surface area contributed by atoms with Crippen molar-refractivity contribution >= 4 is 27.5 Å². The number of hydrogen-bond acceptors (Lipinski definition) is 7. The van der Waals surface area contributed by atoms with E-state index in [1.165, 1.54) is 17.4 Å². The van der Waals surface area contributed by atoms with E-state index < -0.39 is 27.7 Å². The van der Waals surface area contributed by atoms with Gasteiger partial charge in [-0.3, -0.25) is 13.8 Å². The van der Waals surface area contributed by atoms with Crippen molar-refractivity contribution < 1.29 is 27.5 Å². The first-order valence-corrected chi connectivity index (χ1v) is 12.8. The molecule has 1 aliphatic heterocycles. The lowest BCUT2D eigenvalue weighted by Gasteiger charge is -2.35. The number of anilines is 1. The van der Waals surface area contributed by atoms with Gasteiger partial charge < -0.3 is 14.3 Å². The fraction of sp³-hybridized carbons (Fsp3) is 0.542. The van der Waals surface area contributed by atoms with E-state index in [9.17, 15) is 18.0 Å². The lowest BCUT2D eigenvalue weighted by Crippen LogP contribution is -2.44. The lowest BCUT2D eigenvalue weighted by molar-refractivity contribution is -0.153. The first-order valence-electron chi connectivity index (χ1n) is 11.4. The summed E-state index contributed by atoms with van der Waals surface area (Å²) in [5.41, 5.74) is 0.884. The van der Waals surface area contributed by atoms with Crippen molar-refractivity contribution in [3.05, 3.63) is 35.7 Å². The van der Waals surface area contributed by atoms with Gasteiger partial charge in [0.25, 0.3) is 10.0 Å². The van der Waals surface area contributed by atoms with Gasteiger partial charge >= 0.3 is 5.97 Å². The van der Waals surface area contributed by atoms with Crippen LogP contribution < -0.4 is 9.04 Å². The fourth-order valence-corrected chi connectivity index (χ4v) is 5.53. The predicted molar refractivity (Wildman–Crippen MR) is 127 cm³/mol. The third-order valence-corrected chi connectivity index (χ3v) is 7.35. The van der Waals surface area contributed by atoms with Gasteiger partial charge in [0.05, 0.1) is 30.5 Å². The topological polar surface area (TPSA) is 108 Å². The molecule has 0 amide bonds. The molecule has 9 nitrogen and oxygen atoms in total. The van der Waals surface area contributed by atoms with Crippen molar-refractivity contribution in [1.29, 1.82) is 0 Å². The molecule has 1 aromatic heterocycles. The Morgan fingerprint density at radius 3 is 2.56 bits per heavy atom. The van der Waals surface area contributed by atoms with Crippen molar-refractivity contribution in [2.75, 3.05) is 10.8 Å². The van der Waals surface area contributed by atoms with E-state index in [-0.39, 0.29) is 30.1 Å². The van der Waals surface area contributed by atoms with Crippen molar-refractivity contribution in [2.45, 2.75) is 84.0 Å². The number of nitrogens with zero attached hydrogens (tertiary/aromatic N) is 3. The molecule has 1 aliphatic rings.